The number of allylic oxidation sites excluding steroid dienone is 1. The number of fused-ring (bicyclic) bond motifs is 5. The third-order valence-electron chi connectivity index (χ3n) is 9.98. The summed E-state index contributed by atoms with van der Waals surface area (Å²) in [5, 5.41) is 0. The van der Waals surface area contributed by atoms with E-state index in [9.17, 15) is 4.79 Å². The van der Waals surface area contributed by atoms with Crippen LogP contribution in [-0.2, 0) is 9.53 Å². The highest BCUT2D eigenvalue weighted by atomic mass is 16.5. The Labute approximate surface area is 166 Å². The minimum absolute atomic E-state index is 0.0384. The summed E-state index contributed by atoms with van der Waals surface area (Å²) in [7, 11) is 1.51. The van der Waals surface area contributed by atoms with Crippen LogP contribution in [0.25, 0.3) is 0 Å². The largest absolute Gasteiger partial charge is 0.469 e. The molecule has 0 N–H and O–H groups in total. The molecule has 7 unspecified atom stereocenters. The Bertz CT molecular complexity index is 595. The van der Waals surface area contributed by atoms with Gasteiger partial charge in [-0.1, -0.05) is 26.0 Å². The summed E-state index contributed by atoms with van der Waals surface area (Å²) in [6, 6.07) is 0. The fourth-order valence-corrected chi connectivity index (χ4v) is 8.33. The van der Waals surface area contributed by atoms with Gasteiger partial charge in [0.15, 0.2) is 0 Å². The fourth-order valence-electron chi connectivity index (χ4n) is 8.33. The van der Waals surface area contributed by atoms with Crippen LogP contribution in [0.5, 0.6) is 0 Å². The zero-order valence-corrected chi connectivity index (χ0v) is 17.9. The molecule has 4 fully saturated rings. The summed E-state index contributed by atoms with van der Waals surface area (Å²) in [4.78, 5) is 11.5. The number of carbonyl (C=O) groups is 1. The van der Waals surface area contributed by atoms with Crippen LogP contribution >= 0.6 is 0 Å². The van der Waals surface area contributed by atoms with Crippen molar-refractivity contribution in [3.05, 3.63) is 12.2 Å². The van der Waals surface area contributed by atoms with Crippen LogP contribution in [0.4, 0.5) is 0 Å². The Hall–Kier alpha value is -0.790. The van der Waals surface area contributed by atoms with E-state index in [0.29, 0.717) is 17.3 Å². The van der Waals surface area contributed by atoms with Crippen LogP contribution < -0.4 is 0 Å². The quantitative estimate of drug-likeness (QED) is 0.413. The normalized spacial score (nSPS) is 46.3. The lowest BCUT2D eigenvalue weighted by atomic mass is 9.44. The highest BCUT2D eigenvalue weighted by Crippen LogP contribution is 2.68. The molecule has 0 bridgehead atoms. The predicted molar refractivity (Wildman–Crippen MR) is 110 cm³/mol. The van der Waals surface area contributed by atoms with Crippen molar-refractivity contribution in [2.45, 2.75) is 90.9 Å². The number of esters is 1. The molecule has 4 rings (SSSR count). The molecule has 4 aliphatic rings. The molecule has 0 amide bonds. The third kappa shape index (κ3) is 3.19. The van der Waals surface area contributed by atoms with Crippen molar-refractivity contribution in [2.75, 3.05) is 7.11 Å². The minimum atomic E-state index is -0.0384. The molecule has 0 heterocycles. The van der Waals surface area contributed by atoms with E-state index in [1.54, 1.807) is 0 Å². The topological polar surface area (TPSA) is 26.3 Å². The molecule has 4 aliphatic carbocycles. The summed E-state index contributed by atoms with van der Waals surface area (Å²) in [5.41, 5.74) is 2.62. The molecule has 7 atom stereocenters. The van der Waals surface area contributed by atoms with Crippen LogP contribution in [0.2, 0.25) is 0 Å². The third-order valence-corrected chi connectivity index (χ3v) is 9.98. The van der Waals surface area contributed by atoms with Gasteiger partial charge in [0, 0.05) is 6.42 Å². The maximum Gasteiger partial charge on any atom is 0.305 e. The standard InChI is InChI=1S/C25H40O2/c1-17-12-14-25(3)19(16-17)8-10-20-21-11-9-18(6-5-7-23(26)27-4)24(21,2)15-13-22(20)25/h18-22H,1,5-16H2,2-4H3. The van der Waals surface area contributed by atoms with Gasteiger partial charge in [-0.2, -0.15) is 0 Å². The Morgan fingerprint density at radius 3 is 2.63 bits per heavy atom. The summed E-state index contributed by atoms with van der Waals surface area (Å²) >= 11 is 0. The van der Waals surface area contributed by atoms with Crippen molar-refractivity contribution in [1.82, 2.24) is 0 Å². The van der Waals surface area contributed by atoms with Gasteiger partial charge in [0.1, 0.15) is 0 Å². The number of ether oxygens (including phenoxy) is 1. The maximum absolute atomic E-state index is 11.5. The Morgan fingerprint density at radius 2 is 1.85 bits per heavy atom. The second-order valence-electron chi connectivity index (χ2n) is 10.9. The van der Waals surface area contributed by atoms with Crippen LogP contribution in [0.1, 0.15) is 90.9 Å². The van der Waals surface area contributed by atoms with Crippen molar-refractivity contribution in [1.29, 1.82) is 0 Å². The van der Waals surface area contributed by atoms with Crippen molar-refractivity contribution in [3.63, 3.8) is 0 Å². The highest BCUT2D eigenvalue weighted by molar-refractivity contribution is 5.68. The lowest BCUT2D eigenvalue weighted by Crippen LogP contribution is -2.52. The molecular formula is C25H40O2. The van der Waals surface area contributed by atoms with Gasteiger partial charge in [0.2, 0.25) is 0 Å². The van der Waals surface area contributed by atoms with E-state index in [2.05, 4.69) is 20.4 Å². The van der Waals surface area contributed by atoms with E-state index in [0.717, 1.165) is 36.0 Å². The van der Waals surface area contributed by atoms with Gasteiger partial charge in [-0.15, -0.1) is 0 Å². The average Bonchev–Trinajstić information content (AvgIpc) is 2.99. The molecule has 0 aromatic carbocycles. The number of rotatable bonds is 4. The van der Waals surface area contributed by atoms with Gasteiger partial charge < -0.3 is 4.74 Å². The zero-order valence-electron chi connectivity index (χ0n) is 17.9. The second-order valence-corrected chi connectivity index (χ2v) is 10.9. The molecule has 2 heteroatoms. The molecule has 27 heavy (non-hydrogen) atoms. The van der Waals surface area contributed by atoms with Crippen LogP contribution in [0.3, 0.4) is 0 Å². The lowest BCUT2D eigenvalue weighted by Gasteiger charge is -2.60. The molecule has 0 aromatic rings. The molecule has 2 nitrogen and oxygen atoms in total. The highest BCUT2D eigenvalue weighted by Gasteiger charge is 2.59. The number of hydrogen-bond acceptors (Lipinski definition) is 2. The van der Waals surface area contributed by atoms with Gasteiger partial charge >= 0.3 is 5.97 Å². The van der Waals surface area contributed by atoms with Crippen molar-refractivity contribution in [2.24, 2.45) is 40.4 Å². The van der Waals surface area contributed by atoms with E-state index in [-0.39, 0.29) is 5.97 Å². The molecule has 0 aromatic heterocycles. The molecule has 4 saturated carbocycles. The summed E-state index contributed by atoms with van der Waals surface area (Å²) in [5.74, 6) is 4.54. The first-order chi connectivity index (χ1) is 12.9. The monoisotopic (exact) mass is 372 g/mol. The minimum Gasteiger partial charge on any atom is -0.469 e. The lowest BCUT2D eigenvalue weighted by molar-refractivity contribution is -0.140. The van der Waals surface area contributed by atoms with Crippen molar-refractivity contribution >= 4 is 5.97 Å². The summed E-state index contributed by atoms with van der Waals surface area (Å²) in [6.07, 6.45) is 15.4. The smallest absolute Gasteiger partial charge is 0.305 e. The average molecular weight is 373 g/mol. The van der Waals surface area contributed by atoms with Gasteiger partial charge in [-0.05, 0) is 111 Å². The fraction of sp³-hybridized carbons (Fsp3) is 0.880. The predicted octanol–water partition coefficient (Wildman–Crippen LogP) is 6.54. The van der Waals surface area contributed by atoms with E-state index in [4.69, 9.17) is 4.74 Å². The van der Waals surface area contributed by atoms with E-state index in [1.165, 1.54) is 76.9 Å². The molecule has 0 saturated heterocycles. The number of carbonyl (C=O) groups excluding carboxylic acids is 1. The first-order valence-corrected chi connectivity index (χ1v) is 11.6. The van der Waals surface area contributed by atoms with Gasteiger partial charge in [0.05, 0.1) is 7.11 Å². The molecule has 0 spiro atoms. The van der Waals surface area contributed by atoms with Crippen LogP contribution in [0.15, 0.2) is 12.2 Å². The van der Waals surface area contributed by atoms with E-state index < -0.39 is 0 Å². The Kier molecular flexibility index (Phi) is 5.23. The number of methoxy groups -OCH3 is 1. The zero-order chi connectivity index (χ0) is 19.2. The SMILES string of the molecule is C=C1CCC2(C)C(CCC3C4CCC(CCCC(=O)OC)C4(C)CCC32)C1. The molecule has 152 valence electrons. The Balaban J connectivity index is 1.45. The van der Waals surface area contributed by atoms with E-state index >= 15 is 0 Å². The number of hydrogen-bond donors (Lipinski definition) is 0. The maximum atomic E-state index is 11.5. The van der Waals surface area contributed by atoms with Gasteiger partial charge in [0.25, 0.3) is 0 Å². The first-order valence-electron chi connectivity index (χ1n) is 11.6. The second kappa shape index (κ2) is 7.23. The summed E-state index contributed by atoms with van der Waals surface area (Å²) in [6.45, 7) is 9.59. The van der Waals surface area contributed by atoms with Crippen LogP contribution in [0, 0.1) is 40.4 Å². The van der Waals surface area contributed by atoms with Crippen molar-refractivity contribution in [3.8, 4) is 0 Å². The van der Waals surface area contributed by atoms with Crippen LogP contribution in [-0.4, -0.2) is 13.1 Å². The van der Waals surface area contributed by atoms with Gasteiger partial charge in [-0.25, -0.2) is 0 Å². The molecular weight excluding hydrogens is 332 g/mol. The first kappa shape index (κ1) is 19.5. The van der Waals surface area contributed by atoms with Gasteiger partial charge in [-0.3, -0.25) is 4.79 Å². The van der Waals surface area contributed by atoms with E-state index in [1.807, 2.05) is 0 Å². The molecule has 0 aliphatic heterocycles. The summed E-state index contributed by atoms with van der Waals surface area (Å²) < 4.78 is 4.84. The van der Waals surface area contributed by atoms with Crippen molar-refractivity contribution < 1.29 is 9.53 Å². The Morgan fingerprint density at radius 1 is 1.07 bits per heavy atom. The molecule has 0 radical (unpaired) electrons.